The van der Waals surface area contributed by atoms with E-state index in [0.717, 1.165) is 38.4 Å². The molecule has 0 spiro atoms. The van der Waals surface area contributed by atoms with E-state index in [2.05, 4.69) is 44.8 Å². The van der Waals surface area contributed by atoms with Crippen molar-refractivity contribution in [3.05, 3.63) is 35.4 Å². The van der Waals surface area contributed by atoms with Gasteiger partial charge in [0.2, 0.25) is 0 Å². The van der Waals surface area contributed by atoms with E-state index in [4.69, 9.17) is 4.74 Å². The number of nitrogens with one attached hydrogen (secondary N) is 2. The van der Waals surface area contributed by atoms with Gasteiger partial charge in [-0.15, -0.1) is 24.0 Å². The van der Waals surface area contributed by atoms with Crippen LogP contribution in [0.3, 0.4) is 0 Å². The van der Waals surface area contributed by atoms with Gasteiger partial charge in [-0.1, -0.05) is 24.3 Å². The molecule has 3 aliphatic rings. The first-order valence-electron chi connectivity index (χ1n) is 9.73. The summed E-state index contributed by atoms with van der Waals surface area (Å²) in [5, 5.41) is 7.02. The first-order chi connectivity index (χ1) is 12.3. The summed E-state index contributed by atoms with van der Waals surface area (Å²) in [7, 11) is 1.85. The summed E-state index contributed by atoms with van der Waals surface area (Å²) < 4.78 is 5.91. The molecule has 1 aromatic rings. The minimum Gasteiger partial charge on any atom is -0.373 e. The average molecular weight is 470 g/mol. The number of hydrogen-bond donors (Lipinski definition) is 2. The molecule has 26 heavy (non-hydrogen) atoms. The summed E-state index contributed by atoms with van der Waals surface area (Å²) in [5.74, 6) is 0.921. The number of benzene rings is 1. The fourth-order valence-corrected chi connectivity index (χ4v) is 4.41. The van der Waals surface area contributed by atoms with E-state index in [1.54, 1.807) is 0 Å². The Balaban J connectivity index is 0.00000196. The Hall–Kier alpha value is -0.860. The number of aliphatic imine (C=N–C) groups is 1. The number of guanidine groups is 1. The van der Waals surface area contributed by atoms with Gasteiger partial charge >= 0.3 is 0 Å². The van der Waals surface area contributed by atoms with Crippen LogP contribution in [0.25, 0.3) is 0 Å². The van der Waals surface area contributed by atoms with Gasteiger partial charge in [0.1, 0.15) is 0 Å². The van der Waals surface area contributed by atoms with Crippen LogP contribution in [0.4, 0.5) is 0 Å². The molecule has 0 aliphatic carbocycles. The summed E-state index contributed by atoms with van der Waals surface area (Å²) in [6.07, 6.45) is 6.72. The van der Waals surface area contributed by atoms with Gasteiger partial charge in [0.15, 0.2) is 5.96 Å². The molecule has 1 aromatic carbocycles. The Labute approximate surface area is 174 Å². The smallest absolute Gasteiger partial charge is 0.191 e. The summed E-state index contributed by atoms with van der Waals surface area (Å²) in [4.78, 5) is 6.93. The molecule has 0 amide bonds. The van der Waals surface area contributed by atoms with Crippen molar-refractivity contribution in [2.75, 3.05) is 26.7 Å². The van der Waals surface area contributed by atoms with Gasteiger partial charge in [0.05, 0.1) is 18.2 Å². The number of hydrogen-bond acceptors (Lipinski definition) is 3. The highest BCUT2D eigenvalue weighted by atomic mass is 127. The van der Waals surface area contributed by atoms with Crippen LogP contribution < -0.4 is 10.6 Å². The fraction of sp³-hybridized carbons (Fsp3) is 0.650. The van der Waals surface area contributed by atoms with E-state index >= 15 is 0 Å². The molecule has 3 atom stereocenters. The van der Waals surface area contributed by atoms with Crippen LogP contribution in [-0.2, 0) is 17.7 Å². The lowest BCUT2D eigenvalue weighted by atomic mass is 9.96. The number of ether oxygens (including phenoxy) is 1. The minimum atomic E-state index is 0. The zero-order valence-electron chi connectivity index (χ0n) is 15.6. The van der Waals surface area contributed by atoms with Crippen molar-refractivity contribution in [3.8, 4) is 0 Å². The van der Waals surface area contributed by atoms with Gasteiger partial charge in [0.25, 0.3) is 0 Å². The summed E-state index contributed by atoms with van der Waals surface area (Å²) in [5.41, 5.74) is 3.02. The van der Waals surface area contributed by atoms with E-state index in [0.29, 0.717) is 18.2 Å². The maximum atomic E-state index is 5.91. The lowest BCUT2D eigenvalue weighted by Crippen LogP contribution is -2.47. The van der Waals surface area contributed by atoms with Crippen molar-refractivity contribution in [1.29, 1.82) is 0 Å². The highest BCUT2D eigenvalue weighted by molar-refractivity contribution is 14.0. The van der Waals surface area contributed by atoms with Gasteiger partial charge in [-0.2, -0.15) is 0 Å². The predicted octanol–water partition coefficient (Wildman–Crippen LogP) is 2.54. The van der Waals surface area contributed by atoms with Crippen LogP contribution >= 0.6 is 24.0 Å². The van der Waals surface area contributed by atoms with Crippen molar-refractivity contribution >= 4 is 29.9 Å². The molecule has 2 saturated heterocycles. The zero-order valence-corrected chi connectivity index (χ0v) is 17.9. The third kappa shape index (κ3) is 4.70. The number of nitrogens with zero attached hydrogens (tertiary/aromatic N) is 2. The number of halogens is 1. The second kappa shape index (κ2) is 9.37. The number of rotatable bonds is 5. The van der Waals surface area contributed by atoms with E-state index in [-0.39, 0.29) is 24.0 Å². The Kier molecular flexibility index (Phi) is 7.17. The average Bonchev–Trinajstić information content (AvgIpc) is 3.27. The van der Waals surface area contributed by atoms with E-state index in [9.17, 15) is 0 Å². The van der Waals surface area contributed by atoms with Crippen molar-refractivity contribution in [2.45, 2.75) is 56.9 Å². The minimum absolute atomic E-state index is 0. The van der Waals surface area contributed by atoms with Gasteiger partial charge in [-0.25, -0.2) is 0 Å². The van der Waals surface area contributed by atoms with Crippen molar-refractivity contribution < 1.29 is 4.74 Å². The second-order valence-electron chi connectivity index (χ2n) is 7.51. The molecule has 3 unspecified atom stereocenters. The molecule has 144 valence electrons. The quantitative estimate of drug-likeness (QED) is 0.301. The van der Waals surface area contributed by atoms with Gasteiger partial charge < -0.3 is 15.4 Å². The lowest BCUT2D eigenvalue weighted by Gasteiger charge is -2.29. The number of fused-ring (bicyclic) bond motifs is 3. The van der Waals surface area contributed by atoms with Gasteiger partial charge in [-0.05, 0) is 43.2 Å². The fourth-order valence-electron chi connectivity index (χ4n) is 4.41. The van der Waals surface area contributed by atoms with Crippen LogP contribution in [0.15, 0.2) is 29.3 Å². The molecular weight excluding hydrogens is 439 g/mol. The normalized spacial score (nSPS) is 27.7. The molecule has 0 aromatic heterocycles. The molecule has 3 heterocycles. The van der Waals surface area contributed by atoms with Crippen molar-refractivity contribution in [3.63, 3.8) is 0 Å². The molecule has 5 nitrogen and oxygen atoms in total. The third-order valence-corrected chi connectivity index (χ3v) is 5.81. The Morgan fingerprint density at radius 1 is 1.27 bits per heavy atom. The summed E-state index contributed by atoms with van der Waals surface area (Å²) in [6.45, 7) is 4.35. The summed E-state index contributed by atoms with van der Waals surface area (Å²) >= 11 is 0. The molecule has 2 bridgehead atoms. The Morgan fingerprint density at radius 3 is 2.85 bits per heavy atom. The highest BCUT2D eigenvalue weighted by Crippen LogP contribution is 2.34. The molecular formula is C20H31IN4O. The lowest BCUT2D eigenvalue weighted by molar-refractivity contribution is 0.0992. The molecule has 4 rings (SSSR count). The second-order valence-corrected chi connectivity index (χ2v) is 7.51. The monoisotopic (exact) mass is 470 g/mol. The highest BCUT2D eigenvalue weighted by Gasteiger charge is 2.41. The van der Waals surface area contributed by atoms with Crippen LogP contribution in [0.2, 0.25) is 0 Å². The third-order valence-electron chi connectivity index (χ3n) is 5.81. The standard InChI is InChI=1S/C20H30N4O.HI/c1-21-20(23-18-13-17-7-8-19(18)25-17)22-10-4-11-24-12-9-15-5-2-3-6-16(15)14-24;/h2-3,5-6,17-19H,4,7-14H2,1H3,(H2,21,22,23);1H. The molecule has 2 fully saturated rings. The van der Waals surface area contributed by atoms with E-state index < -0.39 is 0 Å². The van der Waals surface area contributed by atoms with Crippen LogP contribution in [0, 0.1) is 0 Å². The van der Waals surface area contributed by atoms with Crippen molar-refractivity contribution in [2.24, 2.45) is 4.99 Å². The Morgan fingerprint density at radius 2 is 2.12 bits per heavy atom. The predicted molar refractivity (Wildman–Crippen MR) is 116 cm³/mol. The molecule has 0 saturated carbocycles. The van der Waals surface area contributed by atoms with Crippen LogP contribution in [-0.4, -0.2) is 55.8 Å². The topological polar surface area (TPSA) is 48.9 Å². The largest absolute Gasteiger partial charge is 0.373 e. The van der Waals surface area contributed by atoms with Crippen LogP contribution in [0.1, 0.15) is 36.8 Å². The van der Waals surface area contributed by atoms with Gasteiger partial charge in [-0.3, -0.25) is 9.89 Å². The molecule has 6 heteroatoms. The molecule has 0 radical (unpaired) electrons. The van der Waals surface area contributed by atoms with Crippen molar-refractivity contribution in [1.82, 2.24) is 15.5 Å². The molecule has 2 N–H and O–H groups in total. The maximum absolute atomic E-state index is 5.91. The van der Waals surface area contributed by atoms with E-state index in [1.165, 1.54) is 36.9 Å². The molecule has 3 aliphatic heterocycles. The Bertz CT molecular complexity index is 624. The first-order valence-corrected chi connectivity index (χ1v) is 9.73. The first kappa shape index (κ1) is 19.9. The zero-order chi connectivity index (χ0) is 17.1. The summed E-state index contributed by atoms with van der Waals surface area (Å²) in [6, 6.07) is 9.27. The SMILES string of the molecule is CN=C(NCCCN1CCc2ccccc2C1)NC1CC2CCC1O2.I. The van der Waals surface area contributed by atoms with Gasteiger partial charge in [0, 0.05) is 33.2 Å². The van der Waals surface area contributed by atoms with E-state index in [1.807, 2.05) is 7.05 Å². The maximum Gasteiger partial charge on any atom is 0.191 e. The van der Waals surface area contributed by atoms with Crippen LogP contribution in [0.5, 0.6) is 0 Å².